The van der Waals surface area contributed by atoms with Crippen LogP contribution in [-0.2, 0) is 4.74 Å². The lowest BCUT2D eigenvalue weighted by atomic mass is 9.99. The third kappa shape index (κ3) is 4.06. The molecule has 0 saturated carbocycles. The number of likely N-dealkylation sites (tertiary alicyclic amines) is 1. The molecule has 2 amide bonds. The summed E-state index contributed by atoms with van der Waals surface area (Å²) >= 11 is 1.38. The fourth-order valence-corrected chi connectivity index (χ4v) is 4.56. The van der Waals surface area contributed by atoms with Crippen molar-refractivity contribution in [2.45, 2.75) is 19.3 Å². The molecular formula is C22H24N4O3S. The Bertz CT molecular complexity index is 1080. The smallest absolute Gasteiger partial charge is 0.265 e. The first-order valence-corrected chi connectivity index (χ1v) is 10.8. The number of nitrogens with zero attached hydrogens (tertiary/aromatic N) is 3. The SMILES string of the molecule is COCCNC(=O)c1cc([C@@H]2CCN(C(=O)c3scnc3C)C2)nc2ccccc12. The van der Waals surface area contributed by atoms with E-state index < -0.39 is 0 Å². The van der Waals surface area contributed by atoms with Gasteiger partial charge in [-0.15, -0.1) is 11.3 Å². The number of para-hydroxylation sites is 1. The van der Waals surface area contributed by atoms with Crippen LogP contribution in [0.25, 0.3) is 10.9 Å². The third-order valence-electron chi connectivity index (χ3n) is 5.41. The second kappa shape index (κ2) is 8.89. The van der Waals surface area contributed by atoms with Crippen LogP contribution in [0.5, 0.6) is 0 Å². The van der Waals surface area contributed by atoms with Gasteiger partial charge in [0.15, 0.2) is 0 Å². The molecule has 0 spiro atoms. The maximum absolute atomic E-state index is 12.8. The summed E-state index contributed by atoms with van der Waals surface area (Å²) in [6, 6.07) is 9.53. The molecule has 3 heterocycles. The van der Waals surface area contributed by atoms with Gasteiger partial charge in [0.25, 0.3) is 11.8 Å². The molecule has 2 aromatic heterocycles. The molecule has 0 aliphatic carbocycles. The zero-order chi connectivity index (χ0) is 21.1. The van der Waals surface area contributed by atoms with Gasteiger partial charge in [0.2, 0.25) is 0 Å². The van der Waals surface area contributed by atoms with Crippen molar-refractivity contribution in [3.63, 3.8) is 0 Å². The number of benzene rings is 1. The van der Waals surface area contributed by atoms with E-state index in [2.05, 4.69) is 10.3 Å². The van der Waals surface area contributed by atoms with Gasteiger partial charge < -0.3 is 15.0 Å². The number of carbonyl (C=O) groups is 2. The number of fused-ring (bicyclic) bond motifs is 1. The summed E-state index contributed by atoms with van der Waals surface area (Å²) < 4.78 is 5.03. The Morgan fingerprint density at radius 2 is 2.17 bits per heavy atom. The van der Waals surface area contributed by atoms with Crippen molar-refractivity contribution < 1.29 is 14.3 Å². The highest BCUT2D eigenvalue weighted by Gasteiger charge is 2.31. The molecule has 1 N–H and O–H groups in total. The Labute approximate surface area is 179 Å². The standard InChI is InChI=1S/C22H24N4O3S/c1-14-20(30-13-24-14)22(28)26-9-7-15(12-26)19-11-17(21(27)23-8-10-29-2)16-5-3-4-6-18(16)25-19/h3-6,11,13,15H,7-10,12H2,1-2H3,(H,23,27)/t15-/m1/s1. The van der Waals surface area contributed by atoms with Gasteiger partial charge >= 0.3 is 0 Å². The van der Waals surface area contributed by atoms with Gasteiger partial charge in [-0.25, -0.2) is 4.98 Å². The van der Waals surface area contributed by atoms with Crippen LogP contribution in [0.4, 0.5) is 0 Å². The molecule has 0 radical (unpaired) electrons. The van der Waals surface area contributed by atoms with E-state index in [1.165, 1.54) is 11.3 Å². The molecule has 7 nitrogen and oxygen atoms in total. The van der Waals surface area contributed by atoms with Crippen LogP contribution in [-0.4, -0.2) is 60.0 Å². The molecule has 156 valence electrons. The number of aromatic nitrogens is 2. The van der Waals surface area contributed by atoms with Gasteiger partial charge in [-0.1, -0.05) is 18.2 Å². The molecule has 1 aliphatic rings. The van der Waals surface area contributed by atoms with E-state index in [1.54, 1.807) is 12.6 Å². The number of rotatable bonds is 6. The number of pyridine rings is 1. The summed E-state index contributed by atoms with van der Waals surface area (Å²) in [5.74, 6) is -0.0220. The zero-order valence-electron chi connectivity index (χ0n) is 17.1. The van der Waals surface area contributed by atoms with E-state index >= 15 is 0 Å². The molecule has 1 atom stereocenters. The third-order valence-corrected chi connectivity index (χ3v) is 6.32. The molecule has 30 heavy (non-hydrogen) atoms. The molecule has 0 unspecified atom stereocenters. The van der Waals surface area contributed by atoms with Gasteiger partial charge in [0, 0.05) is 43.7 Å². The van der Waals surface area contributed by atoms with E-state index in [-0.39, 0.29) is 17.7 Å². The van der Waals surface area contributed by atoms with Crippen molar-refractivity contribution in [3.8, 4) is 0 Å². The highest BCUT2D eigenvalue weighted by atomic mass is 32.1. The molecule has 0 bridgehead atoms. The highest BCUT2D eigenvalue weighted by molar-refractivity contribution is 7.11. The monoisotopic (exact) mass is 424 g/mol. The van der Waals surface area contributed by atoms with Crippen molar-refractivity contribution in [2.24, 2.45) is 0 Å². The number of nitrogens with one attached hydrogen (secondary N) is 1. The van der Waals surface area contributed by atoms with Crippen molar-refractivity contribution in [2.75, 3.05) is 33.4 Å². The summed E-state index contributed by atoms with van der Waals surface area (Å²) in [4.78, 5) is 37.2. The Morgan fingerprint density at radius 3 is 2.93 bits per heavy atom. The molecule has 3 aromatic rings. The lowest BCUT2D eigenvalue weighted by Crippen LogP contribution is -2.29. The first-order valence-electron chi connectivity index (χ1n) is 9.94. The quantitative estimate of drug-likeness (QED) is 0.615. The minimum atomic E-state index is -0.141. The van der Waals surface area contributed by atoms with E-state index in [0.717, 1.165) is 28.7 Å². The molecule has 8 heteroatoms. The first-order chi connectivity index (χ1) is 14.6. The minimum absolute atomic E-state index is 0.0239. The summed E-state index contributed by atoms with van der Waals surface area (Å²) in [5.41, 5.74) is 4.72. The van der Waals surface area contributed by atoms with Gasteiger partial charge in [0.1, 0.15) is 4.88 Å². The highest BCUT2D eigenvalue weighted by Crippen LogP contribution is 2.31. The molecular weight excluding hydrogens is 400 g/mol. The van der Waals surface area contributed by atoms with Crippen LogP contribution in [0.3, 0.4) is 0 Å². The van der Waals surface area contributed by atoms with Crippen LogP contribution in [0.1, 0.15) is 43.8 Å². The van der Waals surface area contributed by atoms with Crippen LogP contribution < -0.4 is 5.32 Å². The normalized spacial score (nSPS) is 16.2. The summed E-state index contributed by atoms with van der Waals surface area (Å²) in [7, 11) is 1.60. The van der Waals surface area contributed by atoms with E-state index in [9.17, 15) is 9.59 Å². The van der Waals surface area contributed by atoms with Gasteiger partial charge in [-0.2, -0.15) is 0 Å². The average Bonchev–Trinajstić information content (AvgIpc) is 3.42. The maximum atomic E-state index is 12.8. The van der Waals surface area contributed by atoms with Crippen LogP contribution >= 0.6 is 11.3 Å². The van der Waals surface area contributed by atoms with Crippen molar-refractivity contribution in [3.05, 3.63) is 57.7 Å². The fraction of sp³-hybridized carbons (Fsp3) is 0.364. The average molecular weight is 425 g/mol. The largest absolute Gasteiger partial charge is 0.383 e. The van der Waals surface area contributed by atoms with Gasteiger partial charge in [-0.05, 0) is 25.5 Å². The van der Waals surface area contributed by atoms with E-state index in [4.69, 9.17) is 9.72 Å². The molecule has 4 rings (SSSR count). The lowest BCUT2D eigenvalue weighted by molar-refractivity contribution is 0.0794. The second-order valence-corrected chi connectivity index (χ2v) is 8.22. The Hall–Kier alpha value is -2.84. The fourth-order valence-electron chi connectivity index (χ4n) is 3.79. The Kier molecular flexibility index (Phi) is 6.06. The summed E-state index contributed by atoms with van der Waals surface area (Å²) in [6.07, 6.45) is 0.819. The van der Waals surface area contributed by atoms with Crippen molar-refractivity contribution >= 4 is 34.1 Å². The Balaban J connectivity index is 1.59. The van der Waals surface area contributed by atoms with Crippen molar-refractivity contribution in [1.29, 1.82) is 0 Å². The van der Waals surface area contributed by atoms with E-state index in [0.29, 0.717) is 36.7 Å². The number of hydrogen-bond acceptors (Lipinski definition) is 6. The zero-order valence-corrected chi connectivity index (χ0v) is 17.9. The molecule has 1 aromatic carbocycles. The molecule has 1 saturated heterocycles. The summed E-state index contributed by atoms with van der Waals surface area (Å²) in [6.45, 7) is 4.02. The van der Waals surface area contributed by atoms with Gasteiger partial charge in [-0.3, -0.25) is 14.6 Å². The lowest BCUT2D eigenvalue weighted by Gasteiger charge is -2.17. The second-order valence-electron chi connectivity index (χ2n) is 7.36. The predicted molar refractivity (Wildman–Crippen MR) is 116 cm³/mol. The van der Waals surface area contributed by atoms with Crippen LogP contribution in [0.15, 0.2) is 35.8 Å². The number of methoxy groups -OCH3 is 1. The van der Waals surface area contributed by atoms with E-state index in [1.807, 2.05) is 42.2 Å². The molecule has 1 fully saturated rings. The van der Waals surface area contributed by atoms with Crippen molar-refractivity contribution in [1.82, 2.24) is 20.2 Å². The Morgan fingerprint density at radius 1 is 1.33 bits per heavy atom. The number of ether oxygens (including phenoxy) is 1. The maximum Gasteiger partial charge on any atom is 0.265 e. The van der Waals surface area contributed by atoms with Crippen LogP contribution in [0.2, 0.25) is 0 Å². The number of amides is 2. The van der Waals surface area contributed by atoms with Gasteiger partial charge in [0.05, 0.1) is 28.9 Å². The minimum Gasteiger partial charge on any atom is -0.383 e. The number of aryl methyl sites for hydroxylation is 1. The first kappa shape index (κ1) is 20.4. The summed E-state index contributed by atoms with van der Waals surface area (Å²) in [5, 5.41) is 3.72. The molecule has 1 aliphatic heterocycles. The topological polar surface area (TPSA) is 84.4 Å². The number of thiazole rings is 1. The number of hydrogen-bond donors (Lipinski definition) is 1. The van der Waals surface area contributed by atoms with Crippen LogP contribution in [0, 0.1) is 6.92 Å². The predicted octanol–water partition coefficient (Wildman–Crippen LogP) is 3.01. The number of carbonyl (C=O) groups excluding carboxylic acids is 2.